The Hall–Kier alpha value is -2.04. The smallest absolute Gasteiger partial charge is 0.369 e. The van der Waals surface area contributed by atoms with E-state index in [2.05, 4.69) is 0 Å². The van der Waals surface area contributed by atoms with Crippen molar-refractivity contribution in [3.8, 4) is 0 Å². The van der Waals surface area contributed by atoms with E-state index < -0.39 is 23.4 Å². The normalized spacial score (nSPS) is 25.7. The number of nitrogens with two attached hydrogens (primary N) is 1. The molecule has 2 rings (SSSR count). The molecule has 0 bridgehead atoms. The summed E-state index contributed by atoms with van der Waals surface area (Å²) in [6.45, 7) is 1.82. The number of benzene rings is 1. The van der Waals surface area contributed by atoms with E-state index in [0.717, 1.165) is 11.6 Å². The Morgan fingerprint density at radius 1 is 1.20 bits per heavy atom. The predicted molar refractivity (Wildman–Crippen MR) is 69.9 cm³/mol. The van der Waals surface area contributed by atoms with Crippen molar-refractivity contribution in [3.05, 3.63) is 59.7 Å². The highest BCUT2D eigenvalue weighted by atomic mass is 19.4. The van der Waals surface area contributed by atoms with Crippen molar-refractivity contribution < 1.29 is 18.0 Å². The van der Waals surface area contributed by atoms with E-state index in [9.17, 15) is 18.0 Å². The molecule has 1 aromatic rings. The van der Waals surface area contributed by atoms with Crippen LogP contribution < -0.4 is 5.73 Å². The number of carbonyl (C=O) groups excluding carboxylic acids is 1. The number of allylic oxidation sites excluding steroid dienone is 3. The van der Waals surface area contributed by atoms with Crippen molar-refractivity contribution in [2.24, 2.45) is 11.7 Å². The van der Waals surface area contributed by atoms with Gasteiger partial charge in [-0.25, -0.2) is 0 Å². The van der Waals surface area contributed by atoms with Crippen LogP contribution in [0.3, 0.4) is 0 Å². The quantitative estimate of drug-likeness (QED) is 0.889. The summed E-state index contributed by atoms with van der Waals surface area (Å²) in [6, 6.07) is 6.36. The number of alkyl halides is 3. The minimum atomic E-state index is -4.55. The van der Waals surface area contributed by atoms with Crippen LogP contribution >= 0.6 is 0 Å². The third kappa shape index (κ3) is 2.24. The number of rotatable bonds is 2. The lowest BCUT2D eigenvalue weighted by molar-refractivity contribution is -0.178. The fourth-order valence-corrected chi connectivity index (χ4v) is 2.49. The van der Waals surface area contributed by atoms with Crippen LogP contribution in [0.2, 0.25) is 0 Å². The fourth-order valence-electron chi connectivity index (χ4n) is 2.49. The van der Waals surface area contributed by atoms with Crippen LogP contribution in [0.1, 0.15) is 11.1 Å². The van der Waals surface area contributed by atoms with E-state index in [1.807, 2.05) is 6.92 Å². The Labute approximate surface area is 114 Å². The first kappa shape index (κ1) is 14.4. The Balaban J connectivity index is 2.64. The minimum Gasteiger partial charge on any atom is -0.369 e. The van der Waals surface area contributed by atoms with Crippen LogP contribution in [0.25, 0.3) is 0 Å². The first-order valence-corrected chi connectivity index (χ1v) is 6.08. The standard InChI is InChI=1S/C15H14F3NO/c1-10-5-7-11(8-6-10)14(13(19)20)9-3-2-4-12(14)15(16,17)18/h2-9,12H,1H3,(H2,19,20)/t12?,14-/m0/s1. The van der Waals surface area contributed by atoms with Crippen molar-refractivity contribution in [1.82, 2.24) is 0 Å². The molecule has 1 unspecified atom stereocenters. The first-order chi connectivity index (χ1) is 9.28. The van der Waals surface area contributed by atoms with Gasteiger partial charge in [0.2, 0.25) is 5.91 Å². The summed E-state index contributed by atoms with van der Waals surface area (Å²) in [5.74, 6) is -2.97. The number of hydrogen-bond donors (Lipinski definition) is 1. The lowest BCUT2D eigenvalue weighted by Gasteiger charge is -2.37. The van der Waals surface area contributed by atoms with Crippen LogP contribution in [-0.4, -0.2) is 12.1 Å². The number of hydrogen-bond acceptors (Lipinski definition) is 1. The van der Waals surface area contributed by atoms with E-state index in [1.165, 1.54) is 30.4 Å². The van der Waals surface area contributed by atoms with Gasteiger partial charge < -0.3 is 5.73 Å². The van der Waals surface area contributed by atoms with Crippen LogP contribution in [-0.2, 0) is 10.2 Å². The van der Waals surface area contributed by atoms with Gasteiger partial charge >= 0.3 is 6.18 Å². The average molecular weight is 281 g/mol. The van der Waals surface area contributed by atoms with Gasteiger partial charge in [-0.1, -0.05) is 54.1 Å². The topological polar surface area (TPSA) is 43.1 Å². The monoisotopic (exact) mass is 281 g/mol. The molecule has 0 aliphatic heterocycles. The molecule has 0 spiro atoms. The molecule has 0 radical (unpaired) electrons. The molecule has 2 nitrogen and oxygen atoms in total. The molecule has 0 fully saturated rings. The number of carbonyl (C=O) groups is 1. The molecular weight excluding hydrogens is 267 g/mol. The molecule has 1 aliphatic carbocycles. The molecular formula is C15H14F3NO. The highest BCUT2D eigenvalue weighted by molar-refractivity contribution is 5.90. The van der Waals surface area contributed by atoms with E-state index in [0.29, 0.717) is 0 Å². The fraction of sp³-hybridized carbons (Fsp3) is 0.267. The zero-order valence-corrected chi connectivity index (χ0v) is 10.8. The first-order valence-electron chi connectivity index (χ1n) is 6.08. The van der Waals surface area contributed by atoms with Gasteiger partial charge in [0.05, 0.1) is 5.92 Å². The van der Waals surface area contributed by atoms with Crippen LogP contribution in [0, 0.1) is 12.8 Å². The Morgan fingerprint density at radius 3 is 2.30 bits per heavy atom. The van der Waals surface area contributed by atoms with E-state index >= 15 is 0 Å². The largest absolute Gasteiger partial charge is 0.396 e. The Kier molecular flexibility index (Phi) is 3.46. The molecule has 5 heteroatoms. The van der Waals surface area contributed by atoms with Gasteiger partial charge in [0, 0.05) is 0 Å². The second-order valence-electron chi connectivity index (χ2n) is 4.86. The van der Waals surface area contributed by atoms with Crippen molar-refractivity contribution in [3.63, 3.8) is 0 Å². The highest BCUT2D eigenvalue weighted by Gasteiger charge is 2.55. The molecule has 0 aromatic heterocycles. The Morgan fingerprint density at radius 2 is 1.80 bits per heavy atom. The van der Waals surface area contributed by atoms with Gasteiger partial charge in [-0.2, -0.15) is 13.2 Å². The third-order valence-corrected chi connectivity index (χ3v) is 3.55. The highest BCUT2D eigenvalue weighted by Crippen LogP contribution is 2.45. The van der Waals surface area contributed by atoms with E-state index in [1.54, 1.807) is 12.1 Å². The number of halogens is 3. The molecule has 0 heterocycles. The van der Waals surface area contributed by atoms with Crippen molar-refractivity contribution in [2.75, 3.05) is 0 Å². The van der Waals surface area contributed by atoms with Crippen LogP contribution in [0.5, 0.6) is 0 Å². The predicted octanol–water partition coefficient (Wildman–Crippen LogP) is 3.02. The van der Waals surface area contributed by atoms with Crippen molar-refractivity contribution in [1.29, 1.82) is 0 Å². The van der Waals surface area contributed by atoms with Gasteiger partial charge in [0.25, 0.3) is 0 Å². The summed E-state index contributed by atoms with van der Waals surface area (Å²) >= 11 is 0. The molecule has 0 saturated carbocycles. The van der Waals surface area contributed by atoms with E-state index in [-0.39, 0.29) is 5.56 Å². The SMILES string of the molecule is Cc1ccc([C@@]2(C(N)=O)C=CC=CC2C(F)(F)F)cc1. The molecule has 0 saturated heterocycles. The van der Waals surface area contributed by atoms with Gasteiger partial charge in [-0.15, -0.1) is 0 Å². The molecule has 1 aliphatic rings. The van der Waals surface area contributed by atoms with Crippen molar-refractivity contribution >= 4 is 5.91 Å². The summed E-state index contributed by atoms with van der Waals surface area (Å²) in [4.78, 5) is 11.9. The average Bonchev–Trinajstić information content (AvgIpc) is 2.38. The number of aryl methyl sites for hydroxylation is 1. The summed E-state index contributed by atoms with van der Waals surface area (Å²) < 4.78 is 39.8. The second kappa shape index (κ2) is 4.81. The van der Waals surface area contributed by atoms with Crippen LogP contribution in [0.15, 0.2) is 48.6 Å². The maximum Gasteiger partial charge on any atom is 0.396 e. The van der Waals surface area contributed by atoms with Gasteiger partial charge in [0.15, 0.2) is 0 Å². The van der Waals surface area contributed by atoms with Gasteiger partial charge in [-0.05, 0) is 12.5 Å². The number of primary amides is 1. The van der Waals surface area contributed by atoms with Gasteiger partial charge in [-0.3, -0.25) is 4.79 Å². The summed E-state index contributed by atoms with van der Waals surface area (Å²) in [5.41, 5.74) is 4.59. The molecule has 1 amide bonds. The molecule has 20 heavy (non-hydrogen) atoms. The maximum atomic E-state index is 13.3. The zero-order chi connectivity index (χ0) is 15.0. The van der Waals surface area contributed by atoms with Gasteiger partial charge in [0.1, 0.15) is 5.41 Å². The minimum absolute atomic E-state index is 0.249. The third-order valence-electron chi connectivity index (χ3n) is 3.55. The lowest BCUT2D eigenvalue weighted by atomic mass is 9.67. The summed E-state index contributed by atoms with van der Waals surface area (Å²) in [6.07, 6.45) is 0.365. The molecule has 2 atom stereocenters. The van der Waals surface area contributed by atoms with Crippen molar-refractivity contribution in [2.45, 2.75) is 18.5 Å². The van der Waals surface area contributed by atoms with E-state index in [4.69, 9.17) is 5.73 Å². The molecule has 1 aromatic carbocycles. The van der Waals surface area contributed by atoms with Crippen LogP contribution in [0.4, 0.5) is 13.2 Å². The number of amides is 1. The molecule has 106 valence electrons. The zero-order valence-electron chi connectivity index (χ0n) is 10.8. The molecule has 2 N–H and O–H groups in total. The summed E-state index contributed by atoms with van der Waals surface area (Å²) in [7, 11) is 0. The maximum absolute atomic E-state index is 13.3. The lowest BCUT2D eigenvalue weighted by Crippen LogP contribution is -2.51. The summed E-state index contributed by atoms with van der Waals surface area (Å²) in [5, 5.41) is 0. The Bertz CT molecular complexity index is 572. The second-order valence-corrected chi connectivity index (χ2v) is 4.86.